The maximum atomic E-state index is 13.9. The molecule has 0 unspecified atom stereocenters. The molecule has 3 aromatic carbocycles. The van der Waals surface area contributed by atoms with E-state index in [1.54, 1.807) is 38.3 Å². The van der Waals surface area contributed by atoms with Crippen molar-refractivity contribution in [2.24, 2.45) is 0 Å². The molecule has 3 aromatic rings. The number of benzene rings is 3. The van der Waals surface area contributed by atoms with Crippen molar-refractivity contribution < 1.29 is 22.7 Å². The molecule has 2 heterocycles. The van der Waals surface area contributed by atoms with E-state index in [0.717, 1.165) is 28.1 Å². The van der Waals surface area contributed by atoms with Gasteiger partial charge in [0.2, 0.25) is 10.0 Å². The van der Waals surface area contributed by atoms with Crippen molar-refractivity contribution in [2.75, 3.05) is 25.6 Å². The Morgan fingerprint density at radius 2 is 1.75 bits per heavy atom. The van der Waals surface area contributed by atoms with Crippen LogP contribution in [0.4, 0.5) is 5.69 Å². The Morgan fingerprint density at radius 1 is 1.06 bits per heavy atom. The maximum Gasteiger partial charge on any atom is 0.325 e. The molecule has 36 heavy (non-hydrogen) atoms. The first-order valence-corrected chi connectivity index (χ1v) is 13.5. The van der Waals surface area contributed by atoms with Crippen LogP contribution in [0.1, 0.15) is 36.1 Å². The predicted octanol–water partition coefficient (Wildman–Crippen LogP) is 4.43. The molecule has 0 aromatic heterocycles. The van der Waals surface area contributed by atoms with Gasteiger partial charge >= 0.3 is 5.97 Å². The molecule has 0 amide bonds. The number of fused-ring (bicyclic) bond motifs is 2. The van der Waals surface area contributed by atoms with Crippen LogP contribution in [0.5, 0.6) is 5.75 Å². The fourth-order valence-electron chi connectivity index (χ4n) is 5.69. The Kier molecular flexibility index (Phi) is 6.26. The van der Waals surface area contributed by atoms with Gasteiger partial charge in [-0.3, -0.25) is 4.79 Å². The number of nitrogens with zero attached hydrogens (tertiary/aromatic N) is 1. The normalized spacial score (nSPS) is 23.3. The Morgan fingerprint density at radius 3 is 2.42 bits per heavy atom. The standard InChI is InChI=1S/C28H30N2O5S/c1-4-35-27(31)26-28(17-18-30(26)36(32,33)22-15-9-19(2)10-16-22)23-7-5-6-8-24(23)29-25(28)20-11-13-21(34-3)14-12-20/h5-16,25-26,29H,4,17-18H2,1-3H3/t25-,26+,28-/m1/s1. The molecule has 1 saturated heterocycles. The third-order valence-corrected chi connectivity index (χ3v) is 9.23. The number of sulfonamides is 1. The highest BCUT2D eigenvalue weighted by molar-refractivity contribution is 7.89. The summed E-state index contributed by atoms with van der Waals surface area (Å²) in [6.45, 7) is 4.00. The monoisotopic (exact) mass is 506 g/mol. The molecule has 0 radical (unpaired) electrons. The molecule has 1 spiro atoms. The van der Waals surface area contributed by atoms with E-state index < -0.39 is 27.4 Å². The molecule has 2 aliphatic rings. The van der Waals surface area contributed by atoms with E-state index in [0.29, 0.717) is 6.42 Å². The lowest BCUT2D eigenvalue weighted by atomic mass is 9.69. The maximum absolute atomic E-state index is 13.9. The zero-order valence-corrected chi connectivity index (χ0v) is 21.4. The van der Waals surface area contributed by atoms with E-state index in [1.807, 2.05) is 55.5 Å². The van der Waals surface area contributed by atoms with Crippen molar-refractivity contribution in [3.8, 4) is 5.75 Å². The summed E-state index contributed by atoms with van der Waals surface area (Å²) >= 11 is 0. The van der Waals surface area contributed by atoms with Crippen molar-refractivity contribution in [3.05, 3.63) is 89.5 Å². The highest BCUT2D eigenvalue weighted by Crippen LogP contribution is 2.57. The number of methoxy groups -OCH3 is 1. The average molecular weight is 507 g/mol. The fourth-order valence-corrected chi connectivity index (χ4v) is 7.32. The largest absolute Gasteiger partial charge is 0.497 e. The lowest BCUT2D eigenvalue weighted by Crippen LogP contribution is -2.52. The van der Waals surface area contributed by atoms with Gasteiger partial charge < -0.3 is 14.8 Å². The number of aryl methyl sites for hydroxylation is 1. The van der Waals surface area contributed by atoms with Gasteiger partial charge in [0.25, 0.3) is 0 Å². The second-order valence-electron chi connectivity index (χ2n) is 9.27. The second kappa shape index (κ2) is 9.26. The Balaban J connectivity index is 1.68. The number of carbonyl (C=O) groups is 1. The highest BCUT2D eigenvalue weighted by atomic mass is 32.2. The molecular formula is C28H30N2O5S. The van der Waals surface area contributed by atoms with Gasteiger partial charge in [-0.1, -0.05) is 48.0 Å². The first kappa shape index (κ1) is 24.3. The number of esters is 1. The van der Waals surface area contributed by atoms with Gasteiger partial charge in [-0.25, -0.2) is 8.42 Å². The van der Waals surface area contributed by atoms with Crippen LogP contribution in [-0.4, -0.2) is 45.0 Å². The van der Waals surface area contributed by atoms with E-state index in [4.69, 9.17) is 9.47 Å². The van der Waals surface area contributed by atoms with E-state index in [-0.39, 0.29) is 24.1 Å². The summed E-state index contributed by atoms with van der Waals surface area (Å²) in [6, 6.07) is 20.9. The van der Waals surface area contributed by atoms with Crippen molar-refractivity contribution in [1.29, 1.82) is 0 Å². The summed E-state index contributed by atoms with van der Waals surface area (Å²) in [4.78, 5) is 13.8. The summed E-state index contributed by atoms with van der Waals surface area (Å²) in [5, 5.41) is 3.60. The SMILES string of the molecule is CCOC(=O)[C@@H]1N(S(=O)(=O)c2ccc(C)cc2)CC[C@]12c1ccccc1N[C@@H]2c1ccc(OC)cc1. The molecule has 0 aliphatic carbocycles. The Labute approximate surface area is 212 Å². The molecule has 1 fully saturated rings. The molecule has 8 heteroatoms. The smallest absolute Gasteiger partial charge is 0.325 e. The van der Waals surface area contributed by atoms with Crippen molar-refractivity contribution in [3.63, 3.8) is 0 Å². The summed E-state index contributed by atoms with van der Waals surface area (Å²) < 4.78 is 40.1. The average Bonchev–Trinajstić information content (AvgIpc) is 3.45. The lowest BCUT2D eigenvalue weighted by Gasteiger charge is -2.38. The highest BCUT2D eigenvalue weighted by Gasteiger charge is 2.63. The first-order valence-electron chi connectivity index (χ1n) is 12.1. The van der Waals surface area contributed by atoms with E-state index in [2.05, 4.69) is 5.32 Å². The molecule has 0 bridgehead atoms. The minimum Gasteiger partial charge on any atom is -0.497 e. The van der Waals surface area contributed by atoms with E-state index >= 15 is 0 Å². The molecular weight excluding hydrogens is 476 g/mol. The number of nitrogens with one attached hydrogen (secondary N) is 1. The zero-order chi connectivity index (χ0) is 25.5. The van der Waals surface area contributed by atoms with Crippen LogP contribution in [0, 0.1) is 6.92 Å². The third-order valence-electron chi connectivity index (χ3n) is 7.35. The van der Waals surface area contributed by atoms with Crippen molar-refractivity contribution in [1.82, 2.24) is 4.31 Å². The number of hydrogen-bond acceptors (Lipinski definition) is 6. The molecule has 188 valence electrons. The first-order chi connectivity index (χ1) is 17.3. The van der Waals surface area contributed by atoms with Gasteiger partial charge in [0.05, 0.1) is 30.1 Å². The Hall–Kier alpha value is -3.36. The van der Waals surface area contributed by atoms with Crippen molar-refractivity contribution in [2.45, 2.75) is 42.7 Å². The third kappa shape index (κ3) is 3.76. The van der Waals surface area contributed by atoms with Crippen LogP contribution < -0.4 is 10.1 Å². The number of anilines is 1. The minimum absolute atomic E-state index is 0.159. The van der Waals surface area contributed by atoms with Gasteiger partial charge in [-0.05, 0) is 61.7 Å². The molecule has 1 N–H and O–H groups in total. The van der Waals surface area contributed by atoms with E-state index in [9.17, 15) is 13.2 Å². The van der Waals surface area contributed by atoms with E-state index in [1.165, 1.54) is 4.31 Å². The number of rotatable bonds is 6. The van der Waals surface area contributed by atoms with Crippen LogP contribution in [-0.2, 0) is 25.0 Å². The second-order valence-corrected chi connectivity index (χ2v) is 11.2. The van der Waals surface area contributed by atoms with Crippen LogP contribution in [0.15, 0.2) is 77.7 Å². The number of ether oxygens (including phenoxy) is 2. The zero-order valence-electron chi connectivity index (χ0n) is 20.6. The van der Waals surface area contributed by atoms with Gasteiger partial charge in [0.1, 0.15) is 11.8 Å². The van der Waals surface area contributed by atoms with Crippen molar-refractivity contribution >= 4 is 21.7 Å². The van der Waals surface area contributed by atoms with Gasteiger partial charge in [-0.2, -0.15) is 4.31 Å². The minimum atomic E-state index is -3.97. The molecule has 2 aliphatic heterocycles. The fraction of sp³-hybridized carbons (Fsp3) is 0.321. The Bertz CT molecular complexity index is 1370. The van der Waals surface area contributed by atoms with Gasteiger partial charge in [0.15, 0.2) is 0 Å². The summed E-state index contributed by atoms with van der Waals surface area (Å²) in [5.41, 5.74) is 2.86. The number of para-hydroxylation sites is 1. The van der Waals surface area contributed by atoms with Gasteiger partial charge in [-0.15, -0.1) is 0 Å². The quantitative estimate of drug-likeness (QED) is 0.498. The van der Waals surface area contributed by atoms with Gasteiger partial charge in [0, 0.05) is 12.2 Å². The molecule has 7 nitrogen and oxygen atoms in total. The van der Waals surface area contributed by atoms with Crippen LogP contribution in [0.2, 0.25) is 0 Å². The number of carbonyl (C=O) groups excluding carboxylic acids is 1. The van der Waals surface area contributed by atoms with Crippen LogP contribution in [0.25, 0.3) is 0 Å². The topological polar surface area (TPSA) is 84.9 Å². The lowest BCUT2D eigenvalue weighted by molar-refractivity contribution is -0.149. The molecule has 5 rings (SSSR count). The molecule has 0 saturated carbocycles. The summed E-state index contributed by atoms with van der Waals surface area (Å²) in [7, 11) is -2.35. The van der Waals surface area contributed by atoms with Crippen LogP contribution >= 0.6 is 0 Å². The summed E-state index contributed by atoms with van der Waals surface area (Å²) in [6.07, 6.45) is 0.461. The molecule has 3 atom stereocenters. The summed E-state index contributed by atoms with van der Waals surface area (Å²) in [5.74, 6) is 0.183. The predicted molar refractivity (Wildman–Crippen MR) is 138 cm³/mol. The van der Waals surface area contributed by atoms with Crippen LogP contribution in [0.3, 0.4) is 0 Å². The number of hydrogen-bond donors (Lipinski definition) is 1.